The summed E-state index contributed by atoms with van der Waals surface area (Å²) in [6, 6.07) is 6.65. The minimum absolute atomic E-state index is 0.0863. The minimum atomic E-state index is 0.0863. The maximum atomic E-state index is 13.0. The second kappa shape index (κ2) is 9.31. The summed E-state index contributed by atoms with van der Waals surface area (Å²) >= 11 is 1.83. The third-order valence-corrected chi connectivity index (χ3v) is 5.62. The molecule has 0 aliphatic carbocycles. The van der Waals surface area contributed by atoms with Gasteiger partial charge in [0.15, 0.2) is 0 Å². The number of pyridine rings is 1. The molecule has 1 heterocycles. The van der Waals surface area contributed by atoms with Crippen molar-refractivity contribution in [2.24, 2.45) is 0 Å². The van der Waals surface area contributed by atoms with Gasteiger partial charge in [-0.2, -0.15) is 11.8 Å². The van der Waals surface area contributed by atoms with Crippen molar-refractivity contribution < 1.29 is 0 Å². The largest absolute Gasteiger partial charge is 0.323 e. The number of hydrogen-bond acceptors (Lipinski definition) is 3. The van der Waals surface area contributed by atoms with Crippen LogP contribution in [0.3, 0.4) is 0 Å². The third-order valence-electron chi connectivity index (χ3n) is 4.92. The Morgan fingerprint density at radius 2 is 1.69 bits per heavy atom. The first-order chi connectivity index (χ1) is 12.4. The SMILES string of the molecule is CCc1c(Cc2cc(C)cc(C)c2)c(C)c(=O)n(NCCCSC)c1C. The highest BCUT2D eigenvalue weighted by atomic mass is 32.2. The Hall–Kier alpha value is -1.68. The van der Waals surface area contributed by atoms with E-state index in [1.807, 2.05) is 18.7 Å². The number of rotatable bonds is 8. The predicted octanol–water partition coefficient (Wildman–Crippen LogP) is 4.53. The lowest BCUT2D eigenvalue weighted by Gasteiger charge is -2.21. The molecule has 3 nitrogen and oxygen atoms in total. The van der Waals surface area contributed by atoms with E-state index < -0.39 is 0 Å². The van der Waals surface area contributed by atoms with Crippen LogP contribution in [0.2, 0.25) is 0 Å². The first-order valence-corrected chi connectivity index (χ1v) is 10.8. The Kier molecular flexibility index (Phi) is 7.39. The molecule has 0 fully saturated rings. The van der Waals surface area contributed by atoms with Crippen molar-refractivity contribution in [3.05, 3.63) is 67.6 Å². The van der Waals surface area contributed by atoms with Gasteiger partial charge in [-0.05, 0) is 75.7 Å². The Balaban J connectivity index is 2.42. The standard InChI is InChI=1S/C22H32N2OS/c1-7-20-18(5)24(23-9-8-10-26-6)22(25)17(4)21(20)14-19-12-15(2)11-16(3)13-19/h11-13,23H,7-10,14H2,1-6H3. The molecule has 0 saturated heterocycles. The van der Waals surface area contributed by atoms with Gasteiger partial charge in [-0.25, -0.2) is 4.68 Å². The molecule has 0 saturated carbocycles. The normalized spacial score (nSPS) is 11.0. The molecule has 26 heavy (non-hydrogen) atoms. The van der Waals surface area contributed by atoms with Crippen LogP contribution in [0.5, 0.6) is 0 Å². The van der Waals surface area contributed by atoms with E-state index in [9.17, 15) is 4.79 Å². The van der Waals surface area contributed by atoms with Crippen molar-refractivity contribution in [1.29, 1.82) is 0 Å². The number of hydrogen-bond donors (Lipinski definition) is 1. The maximum absolute atomic E-state index is 13.0. The second-order valence-electron chi connectivity index (χ2n) is 7.09. The lowest BCUT2D eigenvalue weighted by molar-refractivity contribution is 0.734. The van der Waals surface area contributed by atoms with Crippen molar-refractivity contribution in [3.63, 3.8) is 0 Å². The van der Waals surface area contributed by atoms with Crippen LogP contribution in [-0.4, -0.2) is 23.2 Å². The Morgan fingerprint density at radius 3 is 2.27 bits per heavy atom. The lowest BCUT2D eigenvalue weighted by atomic mass is 9.92. The van der Waals surface area contributed by atoms with E-state index in [-0.39, 0.29) is 5.56 Å². The number of aryl methyl sites for hydroxylation is 2. The van der Waals surface area contributed by atoms with E-state index in [4.69, 9.17) is 0 Å². The first-order valence-electron chi connectivity index (χ1n) is 9.43. The van der Waals surface area contributed by atoms with Gasteiger partial charge in [-0.1, -0.05) is 36.2 Å². The highest BCUT2D eigenvalue weighted by Crippen LogP contribution is 2.21. The molecule has 0 aliphatic rings. The monoisotopic (exact) mass is 372 g/mol. The van der Waals surface area contributed by atoms with Crippen molar-refractivity contribution in [3.8, 4) is 0 Å². The molecular weight excluding hydrogens is 340 g/mol. The number of aromatic nitrogens is 1. The fourth-order valence-corrected chi connectivity index (χ4v) is 4.14. The summed E-state index contributed by atoms with van der Waals surface area (Å²) in [6.45, 7) is 11.3. The molecule has 0 radical (unpaired) electrons. The average Bonchev–Trinajstić information content (AvgIpc) is 2.58. The molecule has 4 heteroatoms. The molecular formula is C22H32N2OS. The van der Waals surface area contributed by atoms with Crippen LogP contribution in [0.1, 0.15) is 52.4 Å². The Labute approximate surface area is 162 Å². The number of nitrogens with one attached hydrogen (secondary N) is 1. The summed E-state index contributed by atoms with van der Waals surface area (Å²) in [7, 11) is 0. The Morgan fingerprint density at radius 1 is 1.04 bits per heavy atom. The smallest absolute Gasteiger partial charge is 0.272 e. The molecule has 142 valence electrons. The van der Waals surface area contributed by atoms with Gasteiger partial charge in [0, 0.05) is 17.8 Å². The molecule has 0 unspecified atom stereocenters. The van der Waals surface area contributed by atoms with E-state index >= 15 is 0 Å². The van der Waals surface area contributed by atoms with E-state index in [2.05, 4.69) is 57.6 Å². The lowest BCUT2D eigenvalue weighted by Crippen LogP contribution is -2.35. The van der Waals surface area contributed by atoms with Crippen molar-refractivity contribution >= 4 is 11.8 Å². The average molecular weight is 373 g/mol. The van der Waals surface area contributed by atoms with Gasteiger partial charge in [0.25, 0.3) is 5.56 Å². The molecule has 0 spiro atoms. The number of benzene rings is 1. The summed E-state index contributed by atoms with van der Waals surface area (Å²) in [4.78, 5) is 13.0. The van der Waals surface area contributed by atoms with Gasteiger partial charge in [-0.3, -0.25) is 4.79 Å². The zero-order valence-electron chi connectivity index (χ0n) is 17.0. The summed E-state index contributed by atoms with van der Waals surface area (Å²) in [5, 5.41) is 0. The predicted molar refractivity (Wildman–Crippen MR) is 116 cm³/mol. The van der Waals surface area contributed by atoms with Crippen molar-refractivity contribution in [2.75, 3.05) is 24.0 Å². The molecule has 0 amide bonds. The minimum Gasteiger partial charge on any atom is -0.323 e. The third kappa shape index (κ3) is 4.73. The maximum Gasteiger partial charge on any atom is 0.272 e. The van der Waals surface area contributed by atoms with E-state index in [0.29, 0.717) is 0 Å². The highest BCUT2D eigenvalue weighted by molar-refractivity contribution is 7.98. The van der Waals surface area contributed by atoms with Crippen LogP contribution in [0.4, 0.5) is 0 Å². The van der Waals surface area contributed by atoms with Gasteiger partial charge in [0.1, 0.15) is 0 Å². The first kappa shape index (κ1) is 20.6. The summed E-state index contributed by atoms with van der Waals surface area (Å²) in [6.07, 6.45) is 4.91. The quantitative estimate of drug-likeness (QED) is 0.691. The molecule has 0 bridgehead atoms. The van der Waals surface area contributed by atoms with Crippen LogP contribution in [0.15, 0.2) is 23.0 Å². The molecule has 1 aromatic carbocycles. The van der Waals surface area contributed by atoms with Gasteiger partial charge < -0.3 is 5.43 Å². The van der Waals surface area contributed by atoms with Crippen LogP contribution in [0.25, 0.3) is 0 Å². The molecule has 0 atom stereocenters. The molecule has 1 aromatic heterocycles. The van der Waals surface area contributed by atoms with Crippen LogP contribution < -0.4 is 11.0 Å². The molecule has 0 aliphatic heterocycles. The number of nitrogens with zero attached hydrogens (tertiary/aromatic N) is 1. The van der Waals surface area contributed by atoms with Gasteiger partial charge in [0.05, 0.1) is 0 Å². The highest BCUT2D eigenvalue weighted by Gasteiger charge is 2.16. The van der Waals surface area contributed by atoms with Gasteiger partial charge in [-0.15, -0.1) is 0 Å². The van der Waals surface area contributed by atoms with E-state index in [1.165, 1.54) is 27.8 Å². The summed E-state index contributed by atoms with van der Waals surface area (Å²) in [5.74, 6) is 1.10. The Bertz CT molecular complexity index is 804. The van der Waals surface area contributed by atoms with Crippen LogP contribution in [-0.2, 0) is 12.8 Å². The van der Waals surface area contributed by atoms with E-state index in [1.54, 1.807) is 4.68 Å². The van der Waals surface area contributed by atoms with Gasteiger partial charge in [0.2, 0.25) is 0 Å². The fraction of sp³-hybridized carbons (Fsp3) is 0.500. The topological polar surface area (TPSA) is 34.0 Å². The number of thioether (sulfide) groups is 1. The zero-order valence-corrected chi connectivity index (χ0v) is 17.8. The van der Waals surface area contributed by atoms with Crippen molar-refractivity contribution in [1.82, 2.24) is 4.68 Å². The zero-order chi connectivity index (χ0) is 19.3. The second-order valence-corrected chi connectivity index (χ2v) is 8.07. The molecule has 2 aromatic rings. The van der Waals surface area contributed by atoms with E-state index in [0.717, 1.165) is 42.8 Å². The van der Waals surface area contributed by atoms with Gasteiger partial charge >= 0.3 is 0 Å². The molecule has 2 rings (SSSR count). The fourth-order valence-electron chi connectivity index (χ4n) is 3.71. The summed E-state index contributed by atoms with van der Waals surface area (Å²) < 4.78 is 1.76. The van der Waals surface area contributed by atoms with Crippen LogP contribution >= 0.6 is 11.8 Å². The molecule has 1 N–H and O–H groups in total. The summed E-state index contributed by atoms with van der Waals surface area (Å²) in [5.41, 5.74) is 11.6. The van der Waals surface area contributed by atoms with Crippen molar-refractivity contribution in [2.45, 2.75) is 53.9 Å². The van der Waals surface area contributed by atoms with Crippen LogP contribution in [0, 0.1) is 27.7 Å².